The van der Waals surface area contributed by atoms with Crippen LogP contribution in [0.4, 0.5) is 5.69 Å². The van der Waals surface area contributed by atoms with Gasteiger partial charge in [0.1, 0.15) is 5.75 Å². The molecule has 10 heteroatoms. The smallest absolute Gasteiger partial charge is 0.271 e. The van der Waals surface area contributed by atoms with Gasteiger partial charge in [0.2, 0.25) is 10.0 Å². The molecule has 1 atom stereocenters. The zero-order chi connectivity index (χ0) is 16.2. The minimum Gasteiger partial charge on any atom is -0.491 e. The standard InChI is InChI=1S/C11H14Br2N2O5S/c1-2-7(6-21(14,18)19)5-20-11-9(12)3-8(15(16)17)4-10(11)13/h3-4,7H,2,5-6H2,1H3,(H2,14,18,19). The molecular weight excluding hydrogens is 432 g/mol. The number of hydrogen-bond acceptors (Lipinski definition) is 5. The van der Waals surface area contributed by atoms with Crippen molar-refractivity contribution in [3.63, 3.8) is 0 Å². The summed E-state index contributed by atoms with van der Waals surface area (Å²) in [5, 5.41) is 15.7. The lowest BCUT2D eigenvalue weighted by atomic mass is 10.1. The van der Waals surface area contributed by atoms with Crippen molar-refractivity contribution in [2.45, 2.75) is 13.3 Å². The lowest BCUT2D eigenvalue weighted by Gasteiger charge is -2.16. The molecule has 0 aromatic heterocycles. The van der Waals surface area contributed by atoms with Crippen LogP contribution >= 0.6 is 31.9 Å². The Morgan fingerprint density at radius 3 is 2.29 bits per heavy atom. The van der Waals surface area contributed by atoms with Gasteiger partial charge < -0.3 is 4.74 Å². The van der Waals surface area contributed by atoms with Crippen molar-refractivity contribution in [1.29, 1.82) is 0 Å². The maximum absolute atomic E-state index is 11.1. The highest BCUT2D eigenvalue weighted by Crippen LogP contribution is 2.37. The zero-order valence-corrected chi connectivity index (χ0v) is 15.1. The van der Waals surface area contributed by atoms with Crippen molar-refractivity contribution in [3.8, 4) is 5.75 Å². The number of halogens is 2. The van der Waals surface area contributed by atoms with Gasteiger partial charge in [-0.15, -0.1) is 0 Å². The lowest BCUT2D eigenvalue weighted by molar-refractivity contribution is -0.385. The molecule has 0 saturated carbocycles. The van der Waals surface area contributed by atoms with E-state index in [9.17, 15) is 18.5 Å². The number of primary sulfonamides is 1. The van der Waals surface area contributed by atoms with Gasteiger partial charge in [-0.1, -0.05) is 6.92 Å². The Bertz CT molecular complexity index is 612. The van der Waals surface area contributed by atoms with Gasteiger partial charge in [0.15, 0.2) is 0 Å². The normalized spacial score (nSPS) is 13.0. The molecular formula is C11H14Br2N2O5S. The second-order valence-corrected chi connectivity index (χ2v) is 7.78. The van der Waals surface area contributed by atoms with Gasteiger partial charge in [-0.05, 0) is 38.3 Å². The first-order chi connectivity index (χ1) is 9.64. The zero-order valence-electron chi connectivity index (χ0n) is 11.1. The molecule has 0 saturated heterocycles. The van der Waals surface area contributed by atoms with Gasteiger partial charge in [0.25, 0.3) is 5.69 Å². The highest BCUT2D eigenvalue weighted by atomic mass is 79.9. The predicted octanol–water partition coefficient (Wildman–Crippen LogP) is 2.81. The third-order valence-corrected chi connectivity index (χ3v) is 4.82. The first-order valence-electron chi connectivity index (χ1n) is 5.90. The second kappa shape index (κ2) is 7.52. The number of hydrogen-bond donors (Lipinski definition) is 1. The number of non-ortho nitro benzene ring substituents is 1. The Morgan fingerprint density at radius 2 is 1.90 bits per heavy atom. The van der Waals surface area contributed by atoms with Crippen LogP contribution in [0.3, 0.4) is 0 Å². The number of benzene rings is 1. The van der Waals surface area contributed by atoms with Crippen molar-refractivity contribution in [2.75, 3.05) is 12.4 Å². The summed E-state index contributed by atoms with van der Waals surface area (Å²) >= 11 is 6.39. The van der Waals surface area contributed by atoms with Crippen LogP contribution in [-0.4, -0.2) is 25.7 Å². The average Bonchev–Trinajstić information content (AvgIpc) is 2.34. The molecule has 0 aliphatic heterocycles. The molecule has 0 spiro atoms. The molecule has 1 rings (SSSR count). The van der Waals surface area contributed by atoms with Crippen molar-refractivity contribution in [1.82, 2.24) is 0 Å². The number of ether oxygens (including phenoxy) is 1. The molecule has 2 N–H and O–H groups in total. The quantitative estimate of drug-likeness (QED) is 0.512. The van der Waals surface area contributed by atoms with Crippen LogP contribution in [-0.2, 0) is 10.0 Å². The van der Waals surface area contributed by atoms with E-state index in [1.165, 1.54) is 12.1 Å². The molecule has 0 bridgehead atoms. The Labute approximate surface area is 139 Å². The fourth-order valence-corrected chi connectivity index (χ4v) is 3.98. The molecule has 0 aliphatic rings. The Morgan fingerprint density at radius 1 is 1.38 bits per heavy atom. The molecule has 21 heavy (non-hydrogen) atoms. The van der Waals surface area contributed by atoms with E-state index < -0.39 is 14.9 Å². The van der Waals surface area contributed by atoms with E-state index in [1.807, 2.05) is 6.92 Å². The fraction of sp³-hybridized carbons (Fsp3) is 0.455. The van der Waals surface area contributed by atoms with E-state index >= 15 is 0 Å². The predicted molar refractivity (Wildman–Crippen MR) is 85.7 cm³/mol. The maximum atomic E-state index is 11.1. The van der Waals surface area contributed by atoms with Gasteiger partial charge in [-0.25, -0.2) is 13.6 Å². The van der Waals surface area contributed by atoms with Gasteiger partial charge in [0, 0.05) is 18.1 Å². The molecule has 1 aromatic rings. The summed E-state index contributed by atoms with van der Waals surface area (Å²) in [5.41, 5.74) is -0.0855. The van der Waals surface area contributed by atoms with Gasteiger partial charge in [0.05, 0.1) is 26.2 Å². The van der Waals surface area contributed by atoms with Crippen LogP contribution in [0.5, 0.6) is 5.75 Å². The van der Waals surface area contributed by atoms with Crippen LogP contribution in [0.25, 0.3) is 0 Å². The SMILES string of the molecule is CCC(COc1c(Br)cc([N+](=O)[O-])cc1Br)CS(N)(=O)=O. The fourth-order valence-electron chi connectivity index (χ4n) is 1.60. The van der Waals surface area contributed by atoms with Crippen LogP contribution in [0, 0.1) is 16.0 Å². The van der Waals surface area contributed by atoms with E-state index in [1.54, 1.807) is 0 Å². The number of rotatable bonds is 7. The van der Waals surface area contributed by atoms with Gasteiger partial charge >= 0.3 is 0 Å². The third kappa shape index (κ3) is 5.89. The average molecular weight is 446 g/mol. The van der Waals surface area contributed by atoms with Crippen LogP contribution in [0.15, 0.2) is 21.1 Å². The first-order valence-corrected chi connectivity index (χ1v) is 9.21. The molecule has 7 nitrogen and oxygen atoms in total. The highest BCUT2D eigenvalue weighted by Gasteiger charge is 2.19. The molecule has 0 aliphatic carbocycles. The van der Waals surface area contributed by atoms with E-state index in [2.05, 4.69) is 31.9 Å². The van der Waals surface area contributed by atoms with E-state index in [0.717, 1.165) is 0 Å². The minimum absolute atomic E-state index is 0.0855. The Kier molecular flexibility index (Phi) is 6.57. The summed E-state index contributed by atoms with van der Waals surface area (Å²) in [7, 11) is -3.57. The summed E-state index contributed by atoms with van der Waals surface area (Å²) < 4.78 is 28.6. The molecule has 1 aromatic carbocycles. The number of nitro benzene ring substituents is 1. The summed E-state index contributed by atoms with van der Waals surface area (Å²) in [5.74, 6) is -0.0476. The van der Waals surface area contributed by atoms with Crippen molar-refractivity contribution < 1.29 is 18.1 Å². The minimum atomic E-state index is -3.57. The molecule has 1 unspecified atom stereocenters. The number of nitro groups is 1. The molecule has 0 fully saturated rings. The maximum Gasteiger partial charge on any atom is 0.271 e. The Balaban J connectivity index is 2.86. The largest absolute Gasteiger partial charge is 0.491 e. The topological polar surface area (TPSA) is 113 Å². The van der Waals surface area contributed by atoms with Gasteiger partial charge in [-0.3, -0.25) is 10.1 Å². The number of nitrogens with two attached hydrogens (primary N) is 1. The number of nitrogens with zero attached hydrogens (tertiary/aromatic N) is 1. The second-order valence-electron chi connectivity index (χ2n) is 4.41. The molecule has 0 heterocycles. The molecule has 0 amide bonds. The monoisotopic (exact) mass is 444 g/mol. The first kappa shape index (κ1) is 18.3. The van der Waals surface area contributed by atoms with Crippen LogP contribution in [0.1, 0.15) is 13.3 Å². The van der Waals surface area contributed by atoms with Crippen LogP contribution < -0.4 is 9.88 Å². The lowest BCUT2D eigenvalue weighted by Crippen LogP contribution is -2.26. The number of sulfonamides is 1. The summed E-state index contributed by atoms with van der Waals surface area (Å²) in [6.07, 6.45) is 0.582. The molecule has 0 radical (unpaired) electrons. The molecule has 118 valence electrons. The van der Waals surface area contributed by atoms with E-state index in [0.29, 0.717) is 21.1 Å². The van der Waals surface area contributed by atoms with E-state index in [-0.39, 0.29) is 24.0 Å². The summed E-state index contributed by atoms with van der Waals surface area (Å²) in [6.45, 7) is 1.97. The highest BCUT2D eigenvalue weighted by molar-refractivity contribution is 9.11. The van der Waals surface area contributed by atoms with Crippen LogP contribution in [0.2, 0.25) is 0 Å². The summed E-state index contributed by atoms with van der Waals surface area (Å²) in [6, 6.07) is 2.64. The third-order valence-electron chi connectivity index (χ3n) is 2.70. The van der Waals surface area contributed by atoms with Gasteiger partial charge in [-0.2, -0.15) is 0 Å². The summed E-state index contributed by atoms with van der Waals surface area (Å²) in [4.78, 5) is 10.2. The van der Waals surface area contributed by atoms with Crippen molar-refractivity contribution in [2.24, 2.45) is 11.1 Å². The van der Waals surface area contributed by atoms with Crippen molar-refractivity contribution in [3.05, 3.63) is 31.2 Å². The Hall–Kier alpha value is -0.710. The van der Waals surface area contributed by atoms with E-state index in [4.69, 9.17) is 9.88 Å². The van der Waals surface area contributed by atoms with Crippen molar-refractivity contribution >= 4 is 47.6 Å².